The maximum atomic E-state index is 12.6. The quantitative estimate of drug-likeness (QED) is 0.0575. The molecule has 0 bridgehead atoms. The van der Waals surface area contributed by atoms with Crippen molar-refractivity contribution in [2.24, 2.45) is 5.41 Å². The lowest BCUT2D eigenvalue weighted by Gasteiger charge is -2.30. The summed E-state index contributed by atoms with van der Waals surface area (Å²) in [5.74, 6) is -1.07. The molecule has 28 heteroatoms. The fourth-order valence-corrected chi connectivity index (χ4v) is 7.86. The molecule has 2 unspecified atom stereocenters. The molecule has 1 saturated heterocycles. The number of thioether (sulfide) groups is 1. The minimum Gasteiger partial charge on any atom is -0.386 e. The second kappa shape index (κ2) is 18.3. The van der Waals surface area contributed by atoms with Crippen LogP contribution in [0.2, 0.25) is 0 Å². The number of carbonyl (C=O) groups is 3. The van der Waals surface area contributed by atoms with Crippen molar-refractivity contribution >= 4 is 69.1 Å². The maximum absolute atomic E-state index is 12.6. The van der Waals surface area contributed by atoms with Gasteiger partial charge >= 0.3 is 23.5 Å². The molecule has 0 saturated carbocycles. The number of nitrogens with two attached hydrogens (primary N) is 1. The number of aliphatic hydroxyl groups is 2. The van der Waals surface area contributed by atoms with Crippen LogP contribution in [0, 0.1) is 5.41 Å². The zero-order valence-corrected chi connectivity index (χ0v) is 31.3. The van der Waals surface area contributed by atoms with Crippen LogP contribution >= 0.6 is 35.2 Å². The van der Waals surface area contributed by atoms with Crippen LogP contribution in [0.3, 0.4) is 0 Å². The summed E-state index contributed by atoms with van der Waals surface area (Å²) in [4.78, 5) is 86.4. The number of phosphoric ester groups is 3. The van der Waals surface area contributed by atoms with Crippen LogP contribution in [0.25, 0.3) is 11.2 Å². The lowest BCUT2D eigenvalue weighted by molar-refractivity contribution is -0.137. The molecular formula is C24H40N7O17P3S. The van der Waals surface area contributed by atoms with E-state index in [1.165, 1.54) is 13.8 Å². The first-order chi connectivity index (χ1) is 24.1. The predicted molar refractivity (Wildman–Crippen MR) is 177 cm³/mol. The molecule has 1 fully saturated rings. The second-order valence-corrected chi connectivity index (χ2v) is 17.0. The minimum atomic E-state index is -5.56. The SMILES string of the molecule is CC[14C](=O)SCCNC(=O)CCNC(=O)[C@H](O)C(C)(C)COP(=O)(O)OP(=O)(O)OC[C@H]1O[C@@H](n2cnc3c(N)ncnc32)[C@H](O)[C@@H]1OP(=O)(O)O. The van der Waals surface area contributed by atoms with Crippen molar-refractivity contribution in [1.82, 2.24) is 30.2 Å². The topological polar surface area (TPSA) is 364 Å². The third-order valence-corrected chi connectivity index (χ3v) is 11.2. The van der Waals surface area contributed by atoms with Gasteiger partial charge in [-0.1, -0.05) is 32.5 Å². The summed E-state index contributed by atoms with van der Waals surface area (Å²) in [7, 11) is -16.4. The van der Waals surface area contributed by atoms with Gasteiger partial charge in [0.2, 0.25) is 11.8 Å². The van der Waals surface area contributed by atoms with Crippen molar-refractivity contribution in [3.63, 3.8) is 0 Å². The summed E-state index contributed by atoms with van der Waals surface area (Å²) in [6.07, 6.45) is -6.52. The lowest BCUT2D eigenvalue weighted by atomic mass is 9.87. The number of ether oxygens (including phenoxy) is 1. The van der Waals surface area contributed by atoms with Crippen LogP contribution in [0.4, 0.5) is 5.82 Å². The predicted octanol–water partition coefficient (Wildman–Crippen LogP) is -0.925. The Hall–Kier alpha value is -2.44. The van der Waals surface area contributed by atoms with Gasteiger partial charge in [-0.3, -0.25) is 32.5 Å². The molecule has 7 atom stereocenters. The van der Waals surface area contributed by atoms with Crippen molar-refractivity contribution < 1.29 is 80.5 Å². The van der Waals surface area contributed by atoms with Gasteiger partial charge in [-0.25, -0.2) is 28.6 Å². The molecule has 1 aliphatic heterocycles. The molecule has 3 rings (SSSR count). The number of aliphatic hydroxyl groups excluding tert-OH is 2. The number of hydrogen-bond acceptors (Lipinski definition) is 18. The normalized spacial score (nSPS) is 22.4. The Balaban J connectivity index is 1.54. The van der Waals surface area contributed by atoms with E-state index in [0.29, 0.717) is 12.2 Å². The van der Waals surface area contributed by atoms with Crippen LogP contribution < -0.4 is 16.4 Å². The Morgan fingerprint density at radius 2 is 1.79 bits per heavy atom. The van der Waals surface area contributed by atoms with Gasteiger partial charge in [0.25, 0.3) is 0 Å². The number of anilines is 1. The highest BCUT2D eigenvalue weighted by Crippen LogP contribution is 2.61. The molecule has 24 nitrogen and oxygen atoms in total. The van der Waals surface area contributed by atoms with E-state index in [4.69, 9.17) is 19.5 Å². The third kappa shape index (κ3) is 12.9. The van der Waals surface area contributed by atoms with E-state index in [1.807, 2.05) is 0 Å². The third-order valence-electron chi connectivity index (χ3n) is 7.05. The Bertz CT molecular complexity index is 1730. The minimum absolute atomic E-state index is 0.0221. The first kappa shape index (κ1) is 44.0. The summed E-state index contributed by atoms with van der Waals surface area (Å²) >= 11 is 1.07. The summed E-state index contributed by atoms with van der Waals surface area (Å²) in [6, 6.07) is 0. The molecule has 0 spiro atoms. The van der Waals surface area contributed by atoms with Gasteiger partial charge in [-0.2, -0.15) is 4.31 Å². The van der Waals surface area contributed by atoms with Crippen molar-refractivity contribution in [3.8, 4) is 0 Å². The molecule has 2 amide bonds. The number of phosphoric acid groups is 3. The molecule has 0 radical (unpaired) electrons. The number of rotatable bonds is 20. The summed E-state index contributed by atoms with van der Waals surface area (Å²) in [5.41, 5.74) is 4.26. The molecule has 0 aromatic carbocycles. The second-order valence-electron chi connectivity index (χ2n) is 11.6. The molecule has 0 aliphatic carbocycles. The number of nitrogen functional groups attached to an aromatic ring is 1. The van der Waals surface area contributed by atoms with Gasteiger partial charge in [-0.05, 0) is 0 Å². The number of imidazole rings is 1. The monoisotopic (exact) mass is 825 g/mol. The molecule has 3 heterocycles. The highest BCUT2D eigenvalue weighted by molar-refractivity contribution is 8.13. The van der Waals surface area contributed by atoms with Gasteiger partial charge in [0, 0.05) is 37.1 Å². The average molecular weight is 826 g/mol. The molecule has 2 aromatic rings. The van der Waals surface area contributed by atoms with Crippen LogP contribution in [-0.4, -0.2) is 123 Å². The Morgan fingerprint density at radius 1 is 1.12 bits per heavy atom. The smallest absolute Gasteiger partial charge is 0.386 e. The first-order valence-corrected chi connectivity index (χ1v) is 20.6. The first-order valence-electron chi connectivity index (χ1n) is 15.1. The molecule has 1 aliphatic rings. The zero-order valence-electron chi connectivity index (χ0n) is 27.8. The van der Waals surface area contributed by atoms with Gasteiger partial charge < -0.3 is 50.9 Å². The van der Waals surface area contributed by atoms with Gasteiger partial charge in [0.15, 0.2) is 22.8 Å². The number of carbonyl (C=O) groups excluding carboxylic acids is 3. The van der Waals surface area contributed by atoms with E-state index in [9.17, 15) is 57.9 Å². The van der Waals surface area contributed by atoms with Crippen LogP contribution in [0.15, 0.2) is 12.7 Å². The number of fused-ring (bicyclic) bond motifs is 1. The van der Waals surface area contributed by atoms with Crippen molar-refractivity contribution in [1.29, 1.82) is 0 Å². The van der Waals surface area contributed by atoms with Crippen molar-refractivity contribution in [2.75, 3.05) is 37.8 Å². The van der Waals surface area contributed by atoms with E-state index < -0.39 is 84.6 Å². The van der Waals surface area contributed by atoms with Crippen molar-refractivity contribution in [3.05, 3.63) is 12.7 Å². The van der Waals surface area contributed by atoms with E-state index in [-0.39, 0.29) is 41.6 Å². The molecule has 10 N–H and O–H groups in total. The molecule has 52 heavy (non-hydrogen) atoms. The van der Waals surface area contributed by atoms with Crippen LogP contribution in [-0.2, 0) is 50.7 Å². The largest absolute Gasteiger partial charge is 0.481 e. The number of aromatic nitrogens is 4. The number of amides is 2. The van der Waals surface area contributed by atoms with Gasteiger partial charge in [-0.15, -0.1) is 0 Å². The van der Waals surface area contributed by atoms with E-state index >= 15 is 0 Å². The van der Waals surface area contributed by atoms with Gasteiger partial charge in [0.05, 0.1) is 19.5 Å². The number of hydrogen-bond donors (Lipinski definition) is 9. The standard InChI is InChI=1S/C24H40N7O17P3S/c1-4-15(33)52-8-7-26-14(32)5-6-27-22(36)19(35)24(2,3)10-45-51(42,43)48-50(40,41)44-9-13-18(47-49(37,38)39)17(34)23(46-13)31-12-30-16-20(25)28-11-29-21(16)31/h11-13,17-19,23,34-35H,4-10H2,1-3H3,(H,26,32)(H,27,36)(H,40,41)(H,42,43)(H2,25,28,29)(H2,37,38,39)/t13-,17-,18-,19+,23-/m1/s1/i15+2. The van der Waals surface area contributed by atoms with E-state index in [2.05, 4.69) is 34.4 Å². The van der Waals surface area contributed by atoms with E-state index in [0.717, 1.165) is 29.0 Å². The maximum Gasteiger partial charge on any atom is 0.481 e. The van der Waals surface area contributed by atoms with Crippen LogP contribution in [0.1, 0.15) is 39.8 Å². The molecular weight excluding hydrogens is 785 g/mol. The highest BCUT2D eigenvalue weighted by Gasteiger charge is 2.50. The fourth-order valence-electron chi connectivity index (χ4n) is 4.40. The van der Waals surface area contributed by atoms with Gasteiger partial charge in [0.1, 0.15) is 36.3 Å². The molecule has 294 valence electrons. The summed E-state index contributed by atoms with van der Waals surface area (Å²) in [6.45, 7) is 2.24. The number of nitrogens with zero attached hydrogens (tertiary/aromatic N) is 4. The van der Waals surface area contributed by atoms with E-state index in [1.54, 1.807) is 6.92 Å². The Kier molecular flexibility index (Phi) is 15.4. The number of nitrogens with one attached hydrogen (secondary N) is 2. The highest BCUT2D eigenvalue weighted by atomic mass is 32.2. The zero-order chi connectivity index (χ0) is 39.1. The summed E-state index contributed by atoms with van der Waals surface area (Å²) < 4.78 is 61.9. The Morgan fingerprint density at radius 3 is 2.44 bits per heavy atom. The summed E-state index contributed by atoms with van der Waals surface area (Å²) in [5, 5.41) is 26.2. The Labute approximate surface area is 299 Å². The van der Waals surface area contributed by atoms with Crippen LogP contribution in [0.5, 0.6) is 0 Å². The van der Waals surface area contributed by atoms with Crippen molar-refractivity contribution in [2.45, 2.75) is 64.3 Å². The lowest BCUT2D eigenvalue weighted by Crippen LogP contribution is -2.46. The molecule has 2 aromatic heterocycles. The fraction of sp³-hybridized carbons (Fsp3) is 0.667. The average Bonchev–Trinajstić information content (AvgIpc) is 3.60.